The first-order chi connectivity index (χ1) is 7.61. The van der Waals surface area contributed by atoms with Crippen molar-refractivity contribution in [3.8, 4) is 5.75 Å². The van der Waals surface area contributed by atoms with Gasteiger partial charge in [-0.2, -0.15) is 0 Å². The van der Waals surface area contributed by atoms with Crippen molar-refractivity contribution in [3.05, 3.63) is 30.3 Å². The van der Waals surface area contributed by atoms with Gasteiger partial charge in [-0.1, -0.05) is 18.2 Å². The average Bonchev–Trinajstić information content (AvgIpc) is 2.29. The molecule has 1 aromatic carbocycles. The SMILES string of the molecule is CC(C(=O)O)S(=O)CCOc1ccccc1. The largest absolute Gasteiger partial charge is 0.493 e. The fraction of sp³-hybridized carbons (Fsp3) is 0.364. The molecule has 0 aliphatic rings. The molecule has 0 heterocycles. The molecule has 0 saturated carbocycles. The number of carboxylic acid groups (broad SMARTS) is 1. The van der Waals surface area contributed by atoms with E-state index in [1.165, 1.54) is 6.92 Å². The van der Waals surface area contributed by atoms with Gasteiger partial charge in [0, 0.05) is 10.8 Å². The molecule has 4 nitrogen and oxygen atoms in total. The number of para-hydroxylation sites is 1. The molecule has 1 aromatic rings. The van der Waals surface area contributed by atoms with Gasteiger partial charge >= 0.3 is 5.97 Å². The minimum absolute atomic E-state index is 0.225. The van der Waals surface area contributed by atoms with Gasteiger partial charge in [-0.25, -0.2) is 0 Å². The van der Waals surface area contributed by atoms with E-state index in [2.05, 4.69) is 0 Å². The lowest BCUT2D eigenvalue weighted by Gasteiger charge is -2.08. The van der Waals surface area contributed by atoms with Crippen LogP contribution in [-0.2, 0) is 15.6 Å². The number of carbonyl (C=O) groups is 1. The van der Waals surface area contributed by atoms with Crippen molar-refractivity contribution in [2.45, 2.75) is 12.2 Å². The maximum absolute atomic E-state index is 11.4. The van der Waals surface area contributed by atoms with Crippen molar-refractivity contribution in [3.63, 3.8) is 0 Å². The molecular formula is C11H14O4S. The Balaban J connectivity index is 2.31. The molecule has 0 fully saturated rings. The van der Waals surface area contributed by atoms with Gasteiger partial charge in [-0.15, -0.1) is 0 Å². The molecule has 16 heavy (non-hydrogen) atoms. The molecule has 0 spiro atoms. The highest BCUT2D eigenvalue weighted by molar-refractivity contribution is 7.86. The highest BCUT2D eigenvalue weighted by Crippen LogP contribution is 2.08. The number of hydrogen-bond donors (Lipinski definition) is 1. The quantitative estimate of drug-likeness (QED) is 0.816. The first-order valence-corrected chi connectivity index (χ1v) is 6.27. The highest BCUT2D eigenvalue weighted by atomic mass is 32.2. The lowest BCUT2D eigenvalue weighted by Crippen LogP contribution is -2.25. The Morgan fingerprint density at radius 1 is 1.44 bits per heavy atom. The van der Waals surface area contributed by atoms with Gasteiger partial charge in [0.05, 0.1) is 12.4 Å². The molecule has 1 rings (SSSR count). The van der Waals surface area contributed by atoms with Crippen LogP contribution < -0.4 is 4.74 Å². The minimum Gasteiger partial charge on any atom is -0.493 e. The summed E-state index contributed by atoms with van der Waals surface area (Å²) < 4.78 is 16.7. The molecule has 0 aliphatic carbocycles. The third kappa shape index (κ3) is 4.02. The first-order valence-electron chi connectivity index (χ1n) is 4.89. The number of carboxylic acids is 1. The van der Waals surface area contributed by atoms with Crippen LogP contribution in [0.1, 0.15) is 6.92 Å². The molecule has 0 aliphatic heterocycles. The van der Waals surface area contributed by atoms with Crippen molar-refractivity contribution in [2.75, 3.05) is 12.4 Å². The summed E-state index contributed by atoms with van der Waals surface area (Å²) in [4.78, 5) is 10.5. The second-order valence-electron chi connectivity index (χ2n) is 3.23. The number of aliphatic carboxylic acids is 1. The van der Waals surface area contributed by atoms with Crippen LogP contribution in [-0.4, -0.2) is 32.9 Å². The van der Waals surface area contributed by atoms with E-state index >= 15 is 0 Å². The maximum Gasteiger partial charge on any atom is 0.318 e. The van der Waals surface area contributed by atoms with Crippen LogP contribution in [0.2, 0.25) is 0 Å². The highest BCUT2D eigenvalue weighted by Gasteiger charge is 2.18. The van der Waals surface area contributed by atoms with Gasteiger partial charge in [0.25, 0.3) is 0 Å². The molecule has 1 N–H and O–H groups in total. The van der Waals surface area contributed by atoms with Crippen LogP contribution in [0.15, 0.2) is 30.3 Å². The number of ether oxygens (including phenoxy) is 1. The maximum atomic E-state index is 11.4. The summed E-state index contributed by atoms with van der Waals surface area (Å²) in [5.41, 5.74) is 0. The molecule has 5 heteroatoms. The standard InChI is InChI=1S/C11H14O4S/c1-9(11(12)13)16(14)8-7-15-10-5-3-2-4-6-10/h2-6,9H,7-8H2,1H3,(H,12,13). The fourth-order valence-corrected chi connectivity index (χ4v) is 1.87. The zero-order valence-corrected chi connectivity index (χ0v) is 9.78. The lowest BCUT2D eigenvalue weighted by atomic mass is 10.3. The monoisotopic (exact) mass is 242 g/mol. The lowest BCUT2D eigenvalue weighted by molar-refractivity contribution is -0.136. The summed E-state index contributed by atoms with van der Waals surface area (Å²) in [5, 5.41) is 7.79. The summed E-state index contributed by atoms with van der Waals surface area (Å²) in [6.45, 7) is 1.69. The van der Waals surface area contributed by atoms with E-state index in [0.717, 1.165) is 0 Å². The number of rotatable bonds is 6. The molecule has 0 aromatic heterocycles. The van der Waals surface area contributed by atoms with Crippen LogP contribution in [0, 0.1) is 0 Å². The summed E-state index contributed by atoms with van der Waals surface area (Å²) in [5.74, 6) is -0.122. The summed E-state index contributed by atoms with van der Waals surface area (Å²) in [6, 6.07) is 9.14. The second kappa shape index (κ2) is 6.27. The van der Waals surface area contributed by atoms with Gasteiger partial charge in [0.2, 0.25) is 0 Å². The molecule has 0 radical (unpaired) electrons. The molecule has 2 atom stereocenters. The van der Waals surface area contributed by atoms with Crippen molar-refractivity contribution >= 4 is 16.8 Å². The van der Waals surface area contributed by atoms with Crippen LogP contribution in [0.3, 0.4) is 0 Å². The number of benzene rings is 1. The first kappa shape index (κ1) is 12.7. The van der Waals surface area contributed by atoms with E-state index in [1.54, 1.807) is 12.1 Å². The van der Waals surface area contributed by atoms with E-state index in [1.807, 2.05) is 18.2 Å². The fourth-order valence-electron chi connectivity index (χ4n) is 1.05. The van der Waals surface area contributed by atoms with Gasteiger partial charge < -0.3 is 9.84 Å². The molecule has 88 valence electrons. The normalized spacial score (nSPS) is 14.1. The predicted octanol–water partition coefficient (Wildman–Crippen LogP) is 1.29. The third-order valence-electron chi connectivity index (χ3n) is 2.04. The summed E-state index contributed by atoms with van der Waals surface area (Å²) in [7, 11) is -1.39. The third-order valence-corrected chi connectivity index (χ3v) is 3.60. The Bertz CT molecular complexity index is 364. The molecule has 0 amide bonds. The van der Waals surface area contributed by atoms with Crippen molar-refractivity contribution in [1.29, 1.82) is 0 Å². The van der Waals surface area contributed by atoms with E-state index in [4.69, 9.17) is 9.84 Å². The number of hydrogen-bond acceptors (Lipinski definition) is 3. The van der Waals surface area contributed by atoms with Crippen LogP contribution in [0.5, 0.6) is 5.75 Å². The predicted molar refractivity (Wildman–Crippen MR) is 62.0 cm³/mol. The van der Waals surface area contributed by atoms with Crippen molar-refractivity contribution < 1.29 is 18.8 Å². The van der Waals surface area contributed by atoms with E-state index in [0.29, 0.717) is 5.75 Å². The van der Waals surface area contributed by atoms with Crippen LogP contribution in [0.25, 0.3) is 0 Å². The van der Waals surface area contributed by atoms with Crippen molar-refractivity contribution in [1.82, 2.24) is 0 Å². The van der Waals surface area contributed by atoms with Crippen molar-refractivity contribution in [2.24, 2.45) is 0 Å². The molecule has 0 saturated heterocycles. The Labute approximate surface area is 96.7 Å². The minimum atomic E-state index is -1.39. The summed E-state index contributed by atoms with van der Waals surface area (Å²) in [6.07, 6.45) is 0. The Kier molecular flexibility index (Phi) is 4.98. The molecule has 0 bridgehead atoms. The Morgan fingerprint density at radius 2 is 2.06 bits per heavy atom. The zero-order chi connectivity index (χ0) is 12.0. The van der Waals surface area contributed by atoms with E-state index < -0.39 is 22.0 Å². The van der Waals surface area contributed by atoms with Crippen LogP contribution in [0.4, 0.5) is 0 Å². The smallest absolute Gasteiger partial charge is 0.318 e. The summed E-state index contributed by atoms with van der Waals surface area (Å²) >= 11 is 0. The second-order valence-corrected chi connectivity index (χ2v) is 5.10. The topological polar surface area (TPSA) is 63.6 Å². The Hall–Kier alpha value is -1.36. The Morgan fingerprint density at radius 3 is 2.62 bits per heavy atom. The van der Waals surface area contributed by atoms with Crippen LogP contribution >= 0.6 is 0 Å². The van der Waals surface area contributed by atoms with Gasteiger partial charge in [-0.3, -0.25) is 9.00 Å². The zero-order valence-electron chi connectivity index (χ0n) is 8.96. The van der Waals surface area contributed by atoms with E-state index in [9.17, 15) is 9.00 Å². The van der Waals surface area contributed by atoms with Gasteiger partial charge in [0.1, 0.15) is 11.0 Å². The van der Waals surface area contributed by atoms with Gasteiger partial charge in [-0.05, 0) is 19.1 Å². The van der Waals surface area contributed by atoms with E-state index in [-0.39, 0.29) is 12.4 Å². The average molecular weight is 242 g/mol. The molecule has 2 unspecified atom stereocenters. The van der Waals surface area contributed by atoms with Gasteiger partial charge in [0.15, 0.2) is 0 Å². The molecular weight excluding hydrogens is 228 g/mol.